The lowest BCUT2D eigenvalue weighted by molar-refractivity contribution is 0.224. The average molecular weight is 272 g/mol. The van der Waals surface area contributed by atoms with E-state index >= 15 is 0 Å². The van der Waals surface area contributed by atoms with Crippen molar-refractivity contribution in [3.05, 3.63) is 33.6 Å². The van der Waals surface area contributed by atoms with Gasteiger partial charge < -0.3 is 4.90 Å². The predicted octanol–water partition coefficient (Wildman–Crippen LogP) is 2.62. The van der Waals surface area contributed by atoms with Gasteiger partial charge in [0.15, 0.2) is 0 Å². The highest BCUT2D eigenvalue weighted by Crippen LogP contribution is 2.19. The summed E-state index contributed by atoms with van der Waals surface area (Å²) in [7, 11) is 3.11. The maximum Gasteiger partial charge on any atom is 0.347 e. The first-order valence-corrected chi connectivity index (χ1v) is 4.96. The molecular weight excluding hydrogens is 262 g/mol. The number of amides is 2. The van der Waals surface area contributed by atoms with Crippen LogP contribution < -0.4 is 5.01 Å². The lowest BCUT2D eigenvalue weighted by atomic mass is 10.3. The Balaban J connectivity index is 2.97. The van der Waals surface area contributed by atoms with E-state index in [1.165, 1.54) is 4.90 Å². The summed E-state index contributed by atoms with van der Waals surface area (Å²) in [5.41, 5.74) is 0.437. The Bertz CT molecular complexity index is 364. The molecule has 0 heterocycles. The Hall–Kier alpha value is -1.43. The van der Waals surface area contributed by atoms with Crippen LogP contribution in [0.5, 0.6) is 0 Å². The van der Waals surface area contributed by atoms with Gasteiger partial charge in [-0.1, -0.05) is 15.9 Å². The summed E-state index contributed by atoms with van der Waals surface area (Å²) in [6.45, 7) is 0. The molecule has 1 aromatic carbocycles. The lowest BCUT2D eigenvalue weighted by Crippen LogP contribution is -2.35. The van der Waals surface area contributed by atoms with Crippen molar-refractivity contribution in [3.63, 3.8) is 0 Å². The zero-order valence-corrected chi connectivity index (χ0v) is 9.93. The smallest absolute Gasteiger partial charge is 0.329 e. The highest BCUT2D eigenvalue weighted by Gasteiger charge is 2.17. The van der Waals surface area contributed by atoms with E-state index in [0.29, 0.717) is 5.69 Å². The van der Waals surface area contributed by atoms with Crippen LogP contribution in [-0.4, -0.2) is 25.0 Å². The van der Waals surface area contributed by atoms with Gasteiger partial charge in [0.25, 0.3) is 0 Å². The molecule has 0 aromatic heterocycles. The molecule has 80 valence electrons. The highest BCUT2D eigenvalue weighted by molar-refractivity contribution is 9.10. The van der Waals surface area contributed by atoms with Gasteiger partial charge in [0.1, 0.15) is 0 Å². The van der Waals surface area contributed by atoms with Gasteiger partial charge in [0.05, 0.1) is 11.0 Å². The van der Waals surface area contributed by atoms with Crippen LogP contribution in [0.1, 0.15) is 0 Å². The molecule has 2 amide bonds. The van der Waals surface area contributed by atoms with Crippen molar-refractivity contribution in [1.82, 2.24) is 4.90 Å². The molecule has 0 fully saturated rings. The van der Waals surface area contributed by atoms with Crippen LogP contribution in [0.15, 0.2) is 34.0 Å². The summed E-state index contributed by atoms with van der Waals surface area (Å²) in [4.78, 5) is 23.3. The predicted molar refractivity (Wildman–Crippen MR) is 61.5 cm³/mol. The number of hydrogen-bond acceptors (Lipinski definition) is 3. The van der Waals surface area contributed by atoms with Gasteiger partial charge in [0, 0.05) is 18.6 Å². The van der Waals surface area contributed by atoms with Gasteiger partial charge >= 0.3 is 6.03 Å². The Kier molecular flexibility index (Phi) is 3.79. The summed E-state index contributed by atoms with van der Waals surface area (Å²) in [5.74, 6) is 0. The third-order valence-corrected chi connectivity index (χ3v) is 2.25. The molecule has 0 saturated carbocycles. The number of urea groups is 1. The van der Waals surface area contributed by atoms with Crippen molar-refractivity contribution < 1.29 is 4.79 Å². The molecule has 1 rings (SSSR count). The number of nitrogens with zero attached hydrogens (tertiary/aromatic N) is 3. The molecule has 5 nitrogen and oxygen atoms in total. The Morgan fingerprint density at radius 1 is 1.27 bits per heavy atom. The highest BCUT2D eigenvalue weighted by atomic mass is 79.9. The average Bonchev–Trinajstić information content (AvgIpc) is 2.21. The number of carbonyl (C=O) groups excluding carboxylic acids is 1. The molecule has 15 heavy (non-hydrogen) atoms. The van der Waals surface area contributed by atoms with Crippen LogP contribution in [0.25, 0.3) is 0 Å². The van der Waals surface area contributed by atoms with Crippen LogP contribution in [0.4, 0.5) is 10.5 Å². The van der Waals surface area contributed by atoms with Crippen LogP contribution in [0.2, 0.25) is 0 Å². The van der Waals surface area contributed by atoms with Crippen LogP contribution >= 0.6 is 15.9 Å². The minimum absolute atomic E-state index is 0.437. The minimum Gasteiger partial charge on any atom is -0.329 e. The molecule has 0 aliphatic carbocycles. The fourth-order valence-corrected chi connectivity index (χ4v) is 1.23. The lowest BCUT2D eigenvalue weighted by Gasteiger charge is -2.18. The van der Waals surface area contributed by atoms with E-state index in [2.05, 4.69) is 21.2 Å². The van der Waals surface area contributed by atoms with E-state index in [1.54, 1.807) is 38.4 Å². The second-order valence-corrected chi connectivity index (χ2v) is 3.96. The first kappa shape index (κ1) is 11.6. The summed E-state index contributed by atoms with van der Waals surface area (Å²) in [5, 5.41) is 3.48. The molecule has 0 radical (unpaired) electrons. The minimum atomic E-state index is -0.479. The number of nitroso groups, excluding NO2 is 1. The van der Waals surface area contributed by atoms with Gasteiger partial charge in [-0.05, 0) is 24.3 Å². The number of benzene rings is 1. The number of halogens is 1. The molecule has 0 atom stereocenters. The van der Waals surface area contributed by atoms with Crippen molar-refractivity contribution in [3.8, 4) is 0 Å². The van der Waals surface area contributed by atoms with E-state index in [0.717, 1.165) is 9.48 Å². The van der Waals surface area contributed by atoms with Crippen molar-refractivity contribution in [2.24, 2.45) is 5.29 Å². The Morgan fingerprint density at radius 3 is 2.20 bits per heavy atom. The first-order chi connectivity index (χ1) is 7.06. The molecular formula is C9H10BrN3O2. The molecule has 1 aromatic rings. The summed E-state index contributed by atoms with van der Waals surface area (Å²) in [6, 6.07) is 6.25. The first-order valence-electron chi connectivity index (χ1n) is 4.16. The second-order valence-electron chi connectivity index (χ2n) is 3.05. The van der Waals surface area contributed by atoms with Crippen LogP contribution in [0, 0.1) is 4.91 Å². The van der Waals surface area contributed by atoms with Crippen molar-refractivity contribution in [2.75, 3.05) is 19.1 Å². The van der Waals surface area contributed by atoms with Crippen LogP contribution in [0.3, 0.4) is 0 Å². The SMILES string of the molecule is CN(C)C(=O)N(N=O)c1ccc(Br)cc1. The van der Waals surface area contributed by atoms with E-state index in [9.17, 15) is 9.70 Å². The van der Waals surface area contributed by atoms with E-state index in [-0.39, 0.29) is 0 Å². The maximum absolute atomic E-state index is 11.5. The van der Waals surface area contributed by atoms with Gasteiger partial charge in [-0.2, -0.15) is 0 Å². The summed E-state index contributed by atoms with van der Waals surface area (Å²) in [6.07, 6.45) is 0. The molecule has 0 unspecified atom stereocenters. The monoisotopic (exact) mass is 271 g/mol. The number of rotatable bonds is 2. The quantitative estimate of drug-likeness (QED) is 0.613. The third kappa shape index (κ3) is 2.76. The molecule has 0 aliphatic rings. The fraction of sp³-hybridized carbons (Fsp3) is 0.222. The normalized spacial score (nSPS) is 9.53. The fourth-order valence-electron chi connectivity index (χ4n) is 0.964. The Labute approximate surface area is 95.7 Å². The standard InChI is InChI=1S/C9H10BrN3O2/c1-12(2)9(14)13(11-15)8-5-3-7(10)4-6-8/h3-6H,1-2H3. The second kappa shape index (κ2) is 4.88. The number of anilines is 1. The van der Waals surface area contributed by atoms with Gasteiger partial charge in [-0.15, -0.1) is 9.92 Å². The van der Waals surface area contributed by atoms with Gasteiger partial charge in [0.2, 0.25) is 0 Å². The van der Waals surface area contributed by atoms with Crippen molar-refractivity contribution in [1.29, 1.82) is 0 Å². The van der Waals surface area contributed by atoms with Crippen molar-refractivity contribution in [2.45, 2.75) is 0 Å². The molecule has 0 spiro atoms. The van der Waals surface area contributed by atoms with E-state index < -0.39 is 6.03 Å². The third-order valence-electron chi connectivity index (χ3n) is 1.72. The van der Waals surface area contributed by atoms with E-state index in [1.807, 2.05) is 0 Å². The van der Waals surface area contributed by atoms with Gasteiger partial charge in [-0.3, -0.25) is 0 Å². The molecule has 0 N–H and O–H groups in total. The molecule has 0 aliphatic heterocycles. The zero-order chi connectivity index (χ0) is 11.4. The molecule has 0 bridgehead atoms. The van der Waals surface area contributed by atoms with Crippen molar-refractivity contribution >= 4 is 27.6 Å². The Morgan fingerprint density at radius 2 is 1.80 bits per heavy atom. The zero-order valence-electron chi connectivity index (χ0n) is 8.35. The number of hydrogen-bond donors (Lipinski definition) is 0. The topological polar surface area (TPSA) is 53.0 Å². The summed E-state index contributed by atoms with van der Waals surface area (Å²) >= 11 is 3.26. The number of carbonyl (C=O) groups is 1. The molecule has 6 heteroatoms. The summed E-state index contributed by atoms with van der Waals surface area (Å²) < 4.78 is 0.870. The van der Waals surface area contributed by atoms with E-state index in [4.69, 9.17) is 0 Å². The maximum atomic E-state index is 11.5. The van der Waals surface area contributed by atoms with Gasteiger partial charge in [-0.25, -0.2) is 4.79 Å². The van der Waals surface area contributed by atoms with Crippen LogP contribution in [-0.2, 0) is 0 Å². The molecule has 0 saturated heterocycles. The largest absolute Gasteiger partial charge is 0.347 e.